The Morgan fingerprint density at radius 2 is 1.88 bits per heavy atom. The molecule has 0 aromatic heterocycles. The standard InChI is InChI=1S/C18H27N3O3/c1-18(2,3)24-17(23)13-21-9-7-20(8-10-21)12-15-5-4-6-16(11-15)19-14-22/h4-6,11,14H,7-10,12-13H2,1-3H3,(H,19,22). The van der Waals surface area contributed by atoms with E-state index in [1.165, 1.54) is 5.56 Å². The molecule has 1 aromatic rings. The molecule has 2 rings (SSSR count). The summed E-state index contributed by atoms with van der Waals surface area (Å²) in [6.07, 6.45) is 0.689. The lowest BCUT2D eigenvalue weighted by molar-refractivity contribution is -0.156. The summed E-state index contributed by atoms with van der Waals surface area (Å²) < 4.78 is 5.37. The van der Waals surface area contributed by atoms with E-state index in [0.717, 1.165) is 38.4 Å². The van der Waals surface area contributed by atoms with Crippen LogP contribution in [0.25, 0.3) is 0 Å². The Kier molecular flexibility index (Phi) is 6.34. The molecule has 1 aliphatic rings. The third-order valence-corrected chi connectivity index (χ3v) is 3.80. The number of anilines is 1. The smallest absolute Gasteiger partial charge is 0.320 e. The largest absolute Gasteiger partial charge is 0.459 e. The van der Waals surface area contributed by atoms with E-state index in [-0.39, 0.29) is 5.97 Å². The van der Waals surface area contributed by atoms with E-state index < -0.39 is 5.60 Å². The van der Waals surface area contributed by atoms with Crippen molar-refractivity contribution in [3.8, 4) is 0 Å². The van der Waals surface area contributed by atoms with Crippen molar-refractivity contribution in [1.82, 2.24) is 9.80 Å². The Morgan fingerprint density at radius 3 is 2.50 bits per heavy atom. The molecule has 6 heteroatoms. The summed E-state index contributed by atoms with van der Waals surface area (Å²) in [4.78, 5) is 26.9. The highest BCUT2D eigenvalue weighted by molar-refractivity contribution is 5.72. The Labute approximate surface area is 143 Å². The normalized spacial score (nSPS) is 16.6. The molecule has 132 valence electrons. The molecule has 1 N–H and O–H groups in total. The van der Waals surface area contributed by atoms with Gasteiger partial charge in [-0.05, 0) is 38.5 Å². The Bertz CT molecular complexity index is 561. The van der Waals surface area contributed by atoms with Crippen molar-refractivity contribution in [2.75, 3.05) is 38.0 Å². The molecule has 0 unspecified atom stereocenters. The van der Waals surface area contributed by atoms with Gasteiger partial charge in [0.2, 0.25) is 6.41 Å². The zero-order valence-corrected chi connectivity index (χ0v) is 14.7. The van der Waals surface area contributed by atoms with Gasteiger partial charge >= 0.3 is 5.97 Å². The van der Waals surface area contributed by atoms with E-state index >= 15 is 0 Å². The van der Waals surface area contributed by atoms with E-state index in [1.807, 2.05) is 39.0 Å². The van der Waals surface area contributed by atoms with E-state index in [1.54, 1.807) is 0 Å². The van der Waals surface area contributed by atoms with E-state index in [0.29, 0.717) is 13.0 Å². The van der Waals surface area contributed by atoms with Gasteiger partial charge in [-0.2, -0.15) is 0 Å². The summed E-state index contributed by atoms with van der Waals surface area (Å²) >= 11 is 0. The van der Waals surface area contributed by atoms with E-state index in [9.17, 15) is 9.59 Å². The fourth-order valence-corrected chi connectivity index (χ4v) is 2.75. The SMILES string of the molecule is CC(C)(C)OC(=O)CN1CCN(Cc2cccc(NC=O)c2)CC1. The third kappa shape index (κ3) is 6.29. The van der Waals surface area contributed by atoms with Crippen molar-refractivity contribution < 1.29 is 14.3 Å². The van der Waals surface area contributed by atoms with Crippen LogP contribution in [0.2, 0.25) is 0 Å². The number of nitrogens with zero attached hydrogens (tertiary/aromatic N) is 2. The number of carbonyl (C=O) groups excluding carboxylic acids is 2. The maximum Gasteiger partial charge on any atom is 0.320 e. The molecule has 0 bridgehead atoms. The van der Waals surface area contributed by atoms with E-state index in [4.69, 9.17) is 4.74 Å². The molecular formula is C18H27N3O3. The molecule has 0 aliphatic carbocycles. The summed E-state index contributed by atoms with van der Waals surface area (Å²) in [7, 11) is 0. The lowest BCUT2D eigenvalue weighted by Crippen LogP contribution is -2.48. The first-order chi connectivity index (χ1) is 11.4. The fraction of sp³-hybridized carbons (Fsp3) is 0.556. The predicted molar refractivity (Wildman–Crippen MR) is 93.7 cm³/mol. The molecule has 1 aliphatic heterocycles. The maximum atomic E-state index is 11.9. The van der Waals surface area contributed by atoms with Crippen LogP contribution >= 0.6 is 0 Å². The Hall–Kier alpha value is -1.92. The molecule has 0 radical (unpaired) electrons. The van der Waals surface area contributed by atoms with Gasteiger partial charge in [-0.15, -0.1) is 0 Å². The predicted octanol–water partition coefficient (Wildman–Crippen LogP) is 1.71. The number of amides is 1. The summed E-state index contributed by atoms with van der Waals surface area (Å²) in [6.45, 7) is 10.4. The second-order valence-electron chi connectivity index (χ2n) is 7.10. The third-order valence-electron chi connectivity index (χ3n) is 3.80. The molecule has 0 atom stereocenters. The number of hydrogen-bond donors (Lipinski definition) is 1. The summed E-state index contributed by atoms with van der Waals surface area (Å²) in [5, 5.41) is 2.67. The molecule has 1 saturated heterocycles. The second kappa shape index (κ2) is 8.26. The number of carbonyl (C=O) groups is 2. The highest BCUT2D eigenvalue weighted by Gasteiger charge is 2.22. The second-order valence-corrected chi connectivity index (χ2v) is 7.10. The van der Waals surface area contributed by atoms with Gasteiger partial charge in [0.05, 0.1) is 6.54 Å². The summed E-state index contributed by atoms with van der Waals surface area (Å²) in [6, 6.07) is 7.86. The van der Waals surface area contributed by atoms with Crippen molar-refractivity contribution in [1.29, 1.82) is 0 Å². The summed E-state index contributed by atoms with van der Waals surface area (Å²) in [5.74, 6) is -0.163. The molecule has 6 nitrogen and oxygen atoms in total. The van der Waals surface area contributed by atoms with Gasteiger partial charge in [-0.1, -0.05) is 12.1 Å². The molecule has 1 aromatic carbocycles. The van der Waals surface area contributed by atoms with E-state index in [2.05, 4.69) is 21.2 Å². The van der Waals surface area contributed by atoms with Crippen molar-refractivity contribution >= 4 is 18.1 Å². The van der Waals surface area contributed by atoms with Crippen LogP contribution in [0.4, 0.5) is 5.69 Å². The zero-order valence-electron chi connectivity index (χ0n) is 14.7. The minimum Gasteiger partial charge on any atom is -0.459 e. The lowest BCUT2D eigenvalue weighted by atomic mass is 10.1. The van der Waals surface area contributed by atoms with Gasteiger partial charge in [0.1, 0.15) is 5.60 Å². The molecule has 1 amide bonds. The van der Waals surface area contributed by atoms with Gasteiger partial charge < -0.3 is 10.1 Å². The molecular weight excluding hydrogens is 306 g/mol. The average molecular weight is 333 g/mol. The van der Waals surface area contributed by atoms with Crippen LogP contribution < -0.4 is 5.32 Å². The number of piperazine rings is 1. The average Bonchev–Trinajstić information content (AvgIpc) is 2.48. The highest BCUT2D eigenvalue weighted by Crippen LogP contribution is 2.14. The van der Waals surface area contributed by atoms with Gasteiger partial charge in [-0.25, -0.2) is 0 Å². The van der Waals surface area contributed by atoms with Crippen LogP contribution in [0.5, 0.6) is 0 Å². The van der Waals surface area contributed by atoms with Crippen LogP contribution in [0, 0.1) is 0 Å². The maximum absolute atomic E-state index is 11.9. The Morgan fingerprint density at radius 1 is 1.21 bits per heavy atom. The van der Waals surface area contributed by atoms with Gasteiger partial charge in [0.15, 0.2) is 0 Å². The van der Waals surface area contributed by atoms with Crippen LogP contribution in [0.3, 0.4) is 0 Å². The van der Waals surface area contributed by atoms with Crippen LogP contribution in [0.1, 0.15) is 26.3 Å². The number of nitrogens with one attached hydrogen (secondary N) is 1. The number of rotatable bonds is 6. The monoisotopic (exact) mass is 333 g/mol. The first-order valence-electron chi connectivity index (χ1n) is 8.31. The highest BCUT2D eigenvalue weighted by atomic mass is 16.6. The van der Waals surface area contributed by atoms with Crippen LogP contribution in [0.15, 0.2) is 24.3 Å². The fourth-order valence-electron chi connectivity index (χ4n) is 2.75. The van der Waals surface area contributed by atoms with Gasteiger partial charge in [0, 0.05) is 38.4 Å². The first-order valence-corrected chi connectivity index (χ1v) is 8.31. The Balaban J connectivity index is 1.77. The van der Waals surface area contributed by atoms with Crippen molar-refractivity contribution in [2.45, 2.75) is 32.9 Å². The molecule has 24 heavy (non-hydrogen) atoms. The van der Waals surface area contributed by atoms with Crippen molar-refractivity contribution in [3.63, 3.8) is 0 Å². The van der Waals surface area contributed by atoms with Crippen molar-refractivity contribution in [2.24, 2.45) is 0 Å². The van der Waals surface area contributed by atoms with Crippen LogP contribution in [-0.2, 0) is 20.9 Å². The number of benzene rings is 1. The number of esters is 1. The minimum atomic E-state index is -0.431. The number of ether oxygens (including phenoxy) is 1. The van der Waals surface area contributed by atoms with Crippen LogP contribution in [-0.4, -0.2) is 60.5 Å². The first kappa shape index (κ1) is 18.4. The molecule has 1 fully saturated rings. The lowest BCUT2D eigenvalue weighted by Gasteiger charge is -2.34. The van der Waals surface area contributed by atoms with Gasteiger partial charge in [-0.3, -0.25) is 19.4 Å². The van der Waals surface area contributed by atoms with Crippen molar-refractivity contribution in [3.05, 3.63) is 29.8 Å². The zero-order chi connectivity index (χ0) is 17.6. The molecule has 0 saturated carbocycles. The quantitative estimate of drug-likeness (QED) is 0.634. The minimum absolute atomic E-state index is 0.163. The molecule has 0 spiro atoms. The molecule has 1 heterocycles. The number of hydrogen-bond acceptors (Lipinski definition) is 5. The topological polar surface area (TPSA) is 61.9 Å². The summed E-state index contributed by atoms with van der Waals surface area (Å²) in [5.41, 5.74) is 1.55. The van der Waals surface area contributed by atoms with Gasteiger partial charge in [0.25, 0.3) is 0 Å².